The Morgan fingerprint density at radius 3 is 2.50 bits per heavy atom. The molecule has 5 rings (SSSR count). The highest BCUT2D eigenvalue weighted by Gasteiger charge is 2.57. The van der Waals surface area contributed by atoms with Crippen LogP contribution in [0, 0.1) is 0 Å². The van der Waals surface area contributed by atoms with Gasteiger partial charge in [0.15, 0.2) is 23.5 Å². The maximum Gasteiger partial charge on any atom is 0.412 e. The van der Waals surface area contributed by atoms with Crippen molar-refractivity contribution in [3.05, 3.63) is 54.0 Å². The number of nitrogens with two attached hydrogens (primary N) is 1. The molecule has 42 heavy (non-hydrogen) atoms. The highest BCUT2D eigenvalue weighted by Crippen LogP contribution is 2.40. The summed E-state index contributed by atoms with van der Waals surface area (Å²) in [6.07, 6.45) is 0.466. The van der Waals surface area contributed by atoms with Gasteiger partial charge in [-0.2, -0.15) is 0 Å². The first-order valence-corrected chi connectivity index (χ1v) is 13.9. The molecule has 12 nitrogen and oxygen atoms in total. The van der Waals surface area contributed by atoms with Crippen LogP contribution in [0.5, 0.6) is 0 Å². The zero-order valence-corrected chi connectivity index (χ0v) is 25.1. The van der Waals surface area contributed by atoms with Crippen molar-refractivity contribution in [2.45, 2.75) is 97.2 Å². The lowest BCUT2D eigenvalue weighted by Gasteiger charge is -2.37. The van der Waals surface area contributed by atoms with Gasteiger partial charge in [0.05, 0.1) is 24.8 Å². The maximum atomic E-state index is 14.3. The lowest BCUT2D eigenvalue weighted by atomic mass is 9.97. The van der Waals surface area contributed by atoms with Crippen LogP contribution >= 0.6 is 0 Å². The Hall–Kier alpha value is -3.58. The van der Waals surface area contributed by atoms with E-state index in [4.69, 9.17) is 29.4 Å². The van der Waals surface area contributed by atoms with Crippen LogP contribution in [0.3, 0.4) is 0 Å². The highest BCUT2D eigenvalue weighted by molar-refractivity contribution is 6.10. The number of carbonyl (C=O) groups excluding carboxylic acids is 2. The third kappa shape index (κ3) is 5.98. The van der Waals surface area contributed by atoms with Crippen LogP contribution in [-0.4, -0.2) is 73.3 Å². The number of Topliss-reactive ketones (excluding diaryl/α,β-unsaturated/α-hetero) is 1. The van der Waals surface area contributed by atoms with Gasteiger partial charge < -0.3 is 34.0 Å². The number of nitrogens with zero attached hydrogens (tertiary/aromatic N) is 4. The van der Waals surface area contributed by atoms with Gasteiger partial charge >= 0.3 is 6.09 Å². The second-order valence-electron chi connectivity index (χ2n) is 12.5. The summed E-state index contributed by atoms with van der Waals surface area (Å²) < 4.78 is 31.8. The molecule has 0 aliphatic carbocycles. The number of nitrogen functional groups attached to an aromatic ring is 1. The van der Waals surface area contributed by atoms with Crippen LogP contribution < -0.4 is 5.73 Å². The topological polar surface area (TPSA) is 140 Å². The van der Waals surface area contributed by atoms with Crippen molar-refractivity contribution in [3.63, 3.8) is 0 Å². The van der Waals surface area contributed by atoms with Gasteiger partial charge in [0.25, 0.3) is 0 Å². The molecule has 2 N–H and O–H groups in total. The van der Waals surface area contributed by atoms with Gasteiger partial charge in [-0.3, -0.25) is 9.69 Å². The van der Waals surface area contributed by atoms with Crippen LogP contribution in [0.15, 0.2) is 42.9 Å². The number of amides is 1. The van der Waals surface area contributed by atoms with Crippen molar-refractivity contribution in [2.75, 3.05) is 12.3 Å². The summed E-state index contributed by atoms with van der Waals surface area (Å²) in [7, 11) is 0. The van der Waals surface area contributed by atoms with Gasteiger partial charge in [0, 0.05) is 6.20 Å². The summed E-state index contributed by atoms with van der Waals surface area (Å²) in [5.74, 6) is -1.27. The van der Waals surface area contributed by atoms with Crippen molar-refractivity contribution < 1.29 is 33.3 Å². The number of aromatic nitrogens is 3. The molecule has 0 saturated carbocycles. The second kappa shape index (κ2) is 10.9. The molecular formula is C30H39N5O7. The number of rotatable bonds is 7. The first kappa shape index (κ1) is 29.9. The normalized spacial score (nSPS) is 23.4. The Bertz CT molecular complexity index is 1460. The minimum absolute atomic E-state index is 0.115. The van der Waals surface area contributed by atoms with Gasteiger partial charge in [-0.1, -0.05) is 30.3 Å². The maximum absolute atomic E-state index is 14.3. The summed E-state index contributed by atoms with van der Waals surface area (Å²) >= 11 is 0. The van der Waals surface area contributed by atoms with Crippen molar-refractivity contribution in [1.29, 1.82) is 0 Å². The number of hydrogen-bond donors (Lipinski definition) is 1. The summed E-state index contributed by atoms with van der Waals surface area (Å²) in [5, 5.41) is 0. The Morgan fingerprint density at radius 1 is 1.10 bits per heavy atom. The fourth-order valence-corrected chi connectivity index (χ4v) is 5.44. The first-order valence-electron chi connectivity index (χ1n) is 13.9. The van der Waals surface area contributed by atoms with Crippen LogP contribution in [0.25, 0.3) is 11.0 Å². The molecule has 0 bridgehead atoms. The van der Waals surface area contributed by atoms with E-state index in [0.717, 1.165) is 5.56 Å². The van der Waals surface area contributed by atoms with Crippen molar-refractivity contribution in [3.8, 4) is 0 Å². The summed E-state index contributed by atoms with van der Waals surface area (Å²) in [6, 6.07) is 9.09. The Balaban J connectivity index is 1.46. The number of ether oxygens (including phenoxy) is 5. The van der Waals surface area contributed by atoms with E-state index >= 15 is 0 Å². The van der Waals surface area contributed by atoms with Crippen LogP contribution in [0.4, 0.5) is 10.6 Å². The third-order valence-corrected chi connectivity index (χ3v) is 7.16. The van der Waals surface area contributed by atoms with Gasteiger partial charge in [-0.15, -0.1) is 0 Å². The lowest BCUT2D eigenvalue weighted by molar-refractivity contribution is -0.149. The summed E-state index contributed by atoms with van der Waals surface area (Å²) in [4.78, 5) is 37.6. The molecule has 2 aliphatic heterocycles. The second-order valence-corrected chi connectivity index (χ2v) is 12.5. The first-order chi connectivity index (χ1) is 19.7. The Labute approximate surface area is 245 Å². The molecule has 12 heteroatoms. The average molecular weight is 582 g/mol. The zero-order chi connectivity index (χ0) is 30.4. The van der Waals surface area contributed by atoms with Gasteiger partial charge in [-0.05, 0) is 54.0 Å². The molecule has 1 amide bonds. The summed E-state index contributed by atoms with van der Waals surface area (Å²) in [5.41, 5.74) is 6.64. The van der Waals surface area contributed by atoms with E-state index in [0.29, 0.717) is 17.6 Å². The van der Waals surface area contributed by atoms with Gasteiger partial charge in [0.1, 0.15) is 41.5 Å². The molecule has 2 fully saturated rings. The van der Waals surface area contributed by atoms with Gasteiger partial charge in [0.2, 0.25) is 0 Å². The number of ketones is 1. The molecule has 0 radical (unpaired) electrons. The smallest absolute Gasteiger partial charge is 0.412 e. The SMILES string of the molecule is CC(C)(C)OC(=O)N1[C@@H]([C@H]2OC(C)(C)O[C@H]2C(=O)c2cn(COCc3ccccc3)c3c(N)ncnc23)COC1(C)C. The molecule has 4 heterocycles. The Morgan fingerprint density at radius 2 is 1.81 bits per heavy atom. The van der Waals surface area contributed by atoms with E-state index in [1.54, 1.807) is 59.2 Å². The van der Waals surface area contributed by atoms with Crippen LogP contribution in [0.2, 0.25) is 0 Å². The van der Waals surface area contributed by atoms with Crippen molar-refractivity contribution in [1.82, 2.24) is 19.4 Å². The van der Waals surface area contributed by atoms with Gasteiger partial charge in [-0.25, -0.2) is 14.8 Å². The standard InChI is InChI=1S/C30H39N5O7/c1-28(2,3)42-27(37)35-20(15-39-29(35,4)5)24-25(41-30(6,7)40-24)23(36)19-13-34(22-21(19)32-16-33-26(22)31)17-38-14-18-11-9-8-10-12-18/h8-13,16,20,24-25H,14-15,17H2,1-7H3,(H2,31,32,33)/t20-,24-,25+/m1/s1. The lowest BCUT2D eigenvalue weighted by Crippen LogP contribution is -2.56. The molecule has 0 spiro atoms. The van der Waals surface area contributed by atoms with E-state index in [2.05, 4.69) is 9.97 Å². The molecule has 3 aromatic rings. The van der Waals surface area contributed by atoms with Crippen molar-refractivity contribution in [2.24, 2.45) is 0 Å². The zero-order valence-electron chi connectivity index (χ0n) is 25.1. The molecule has 1 aromatic carbocycles. The fraction of sp³-hybridized carbons (Fsp3) is 0.533. The number of anilines is 1. The molecule has 226 valence electrons. The molecule has 3 atom stereocenters. The fourth-order valence-electron chi connectivity index (χ4n) is 5.44. The van der Waals surface area contributed by atoms with E-state index in [1.807, 2.05) is 30.3 Å². The predicted octanol–water partition coefficient (Wildman–Crippen LogP) is 4.26. The Kier molecular flexibility index (Phi) is 7.77. The molecule has 0 unspecified atom stereocenters. The van der Waals surface area contributed by atoms with E-state index in [-0.39, 0.29) is 30.5 Å². The molecular weight excluding hydrogens is 542 g/mol. The van der Waals surface area contributed by atoms with Crippen molar-refractivity contribution >= 4 is 28.7 Å². The van der Waals surface area contributed by atoms with Crippen LogP contribution in [-0.2, 0) is 37.0 Å². The monoisotopic (exact) mass is 581 g/mol. The highest BCUT2D eigenvalue weighted by atomic mass is 16.8. The van der Waals surface area contributed by atoms with E-state index in [9.17, 15) is 9.59 Å². The largest absolute Gasteiger partial charge is 0.444 e. The summed E-state index contributed by atoms with van der Waals surface area (Å²) in [6.45, 7) is 13.0. The predicted molar refractivity (Wildman–Crippen MR) is 153 cm³/mol. The number of hydrogen-bond acceptors (Lipinski definition) is 10. The minimum Gasteiger partial charge on any atom is -0.444 e. The number of fused-ring (bicyclic) bond motifs is 1. The quantitative estimate of drug-likeness (QED) is 0.402. The number of carbonyl (C=O) groups is 2. The molecule has 2 aliphatic rings. The molecule has 2 aromatic heterocycles. The van der Waals surface area contributed by atoms with E-state index in [1.165, 1.54) is 11.2 Å². The van der Waals surface area contributed by atoms with Crippen LogP contribution in [0.1, 0.15) is 64.4 Å². The van der Waals surface area contributed by atoms with E-state index < -0.39 is 41.5 Å². The molecule has 2 saturated heterocycles. The number of benzene rings is 1. The third-order valence-electron chi connectivity index (χ3n) is 7.16. The average Bonchev–Trinajstić information content (AvgIpc) is 3.54. The minimum atomic E-state index is -1.11.